The summed E-state index contributed by atoms with van der Waals surface area (Å²) >= 11 is 0. The molecule has 0 bridgehead atoms. The fourth-order valence-electron chi connectivity index (χ4n) is 3.76. The number of hydrogen-bond donors (Lipinski definition) is 1. The van der Waals surface area contributed by atoms with Crippen LogP contribution in [0.4, 0.5) is 0 Å². The summed E-state index contributed by atoms with van der Waals surface area (Å²) in [5, 5.41) is 9.07. The van der Waals surface area contributed by atoms with Crippen molar-refractivity contribution in [3.8, 4) is 0 Å². The highest BCUT2D eigenvalue weighted by atomic mass is 16.7. The van der Waals surface area contributed by atoms with Crippen LogP contribution in [0.1, 0.15) is 59.8 Å². The SMILES string of the molecule is CCCC(C)(CCC)O[C@@H]1O[C@H](C)CC2[C@H]1O/C(=N\CO)N2C. The van der Waals surface area contributed by atoms with Gasteiger partial charge in [0.2, 0.25) is 0 Å². The van der Waals surface area contributed by atoms with Crippen LogP contribution in [0.5, 0.6) is 0 Å². The van der Waals surface area contributed by atoms with Crippen molar-refractivity contribution in [2.45, 2.75) is 89.9 Å². The molecule has 0 amide bonds. The molecule has 134 valence electrons. The molecule has 2 rings (SSSR count). The Kier molecular flexibility index (Phi) is 6.28. The molecule has 2 aliphatic rings. The van der Waals surface area contributed by atoms with Crippen LogP contribution in [-0.4, -0.2) is 59.9 Å². The summed E-state index contributed by atoms with van der Waals surface area (Å²) in [5.41, 5.74) is -0.200. The molecule has 4 atom stereocenters. The lowest BCUT2D eigenvalue weighted by Crippen LogP contribution is -2.52. The molecule has 6 nitrogen and oxygen atoms in total. The molecule has 0 saturated carbocycles. The number of ether oxygens (including phenoxy) is 3. The molecule has 2 saturated heterocycles. The number of hydrogen-bond acceptors (Lipinski definition) is 5. The van der Waals surface area contributed by atoms with Gasteiger partial charge in [-0.25, -0.2) is 4.99 Å². The number of amidine groups is 1. The Balaban J connectivity index is 2.15. The molecular weight excluding hydrogens is 296 g/mol. The summed E-state index contributed by atoms with van der Waals surface area (Å²) in [6.07, 6.45) is 4.52. The van der Waals surface area contributed by atoms with Gasteiger partial charge in [0, 0.05) is 7.05 Å². The van der Waals surface area contributed by atoms with Crippen molar-refractivity contribution in [1.29, 1.82) is 0 Å². The predicted molar refractivity (Wildman–Crippen MR) is 89.2 cm³/mol. The first-order valence-corrected chi connectivity index (χ1v) is 8.82. The molecule has 23 heavy (non-hydrogen) atoms. The summed E-state index contributed by atoms with van der Waals surface area (Å²) in [6.45, 7) is 8.31. The van der Waals surface area contributed by atoms with E-state index in [9.17, 15) is 0 Å². The average molecular weight is 328 g/mol. The Morgan fingerprint density at radius 3 is 2.57 bits per heavy atom. The van der Waals surface area contributed by atoms with Gasteiger partial charge in [-0.2, -0.15) is 0 Å². The minimum Gasteiger partial charge on any atom is -0.454 e. The topological polar surface area (TPSA) is 63.5 Å². The maximum Gasteiger partial charge on any atom is 0.290 e. The van der Waals surface area contributed by atoms with Gasteiger partial charge in [-0.15, -0.1) is 0 Å². The highest BCUT2D eigenvalue weighted by Crippen LogP contribution is 2.36. The second-order valence-corrected chi connectivity index (χ2v) is 6.96. The standard InChI is InChI=1S/C17H32N2O4/c1-6-8-17(4,9-7-2)23-15-14-13(10-12(3)21-15)19(5)16(22-14)18-11-20/h12-15,20H,6-11H2,1-5H3/b18-16-/t12-,13?,14-,15+/m1/s1. The Morgan fingerprint density at radius 1 is 1.35 bits per heavy atom. The summed E-state index contributed by atoms with van der Waals surface area (Å²) in [5.74, 6) is 0. The van der Waals surface area contributed by atoms with Crippen molar-refractivity contribution >= 4 is 6.02 Å². The molecule has 2 fully saturated rings. The van der Waals surface area contributed by atoms with E-state index in [4.69, 9.17) is 19.3 Å². The maximum absolute atomic E-state index is 9.07. The number of likely N-dealkylation sites (N-methyl/N-ethyl adjacent to an activating group) is 1. The van der Waals surface area contributed by atoms with Crippen molar-refractivity contribution in [3.63, 3.8) is 0 Å². The fourth-order valence-corrected chi connectivity index (χ4v) is 3.76. The molecular formula is C17H32N2O4. The number of aliphatic imine (C=N–C) groups is 1. The number of aliphatic hydroxyl groups excluding tert-OH is 1. The van der Waals surface area contributed by atoms with Gasteiger partial charge in [0.1, 0.15) is 6.73 Å². The molecule has 2 aliphatic heterocycles. The van der Waals surface area contributed by atoms with Gasteiger partial charge in [-0.05, 0) is 33.1 Å². The van der Waals surface area contributed by atoms with Gasteiger partial charge in [0.15, 0.2) is 12.4 Å². The first-order valence-electron chi connectivity index (χ1n) is 8.82. The summed E-state index contributed by atoms with van der Waals surface area (Å²) in [4.78, 5) is 6.02. The average Bonchev–Trinajstić information content (AvgIpc) is 2.77. The van der Waals surface area contributed by atoms with E-state index in [2.05, 4.69) is 32.7 Å². The molecule has 0 radical (unpaired) electrons. The Bertz CT molecular complexity index is 409. The van der Waals surface area contributed by atoms with Crippen LogP contribution in [0.3, 0.4) is 0 Å². The van der Waals surface area contributed by atoms with E-state index in [1.54, 1.807) is 0 Å². The van der Waals surface area contributed by atoms with Crippen molar-refractivity contribution in [3.05, 3.63) is 0 Å². The van der Waals surface area contributed by atoms with Crippen molar-refractivity contribution in [2.24, 2.45) is 4.99 Å². The van der Waals surface area contributed by atoms with Crippen LogP contribution in [-0.2, 0) is 14.2 Å². The van der Waals surface area contributed by atoms with E-state index in [0.717, 1.165) is 32.1 Å². The largest absolute Gasteiger partial charge is 0.454 e. The van der Waals surface area contributed by atoms with E-state index >= 15 is 0 Å². The van der Waals surface area contributed by atoms with Crippen LogP contribution >= 0.6 is 0 Å². The van der Waals surface area contributed by atoms with Crippen molar-refractivity contribution in [2.75, 3.05) is 13.8 Å². The summed E-state index contributed by atoms with van der Waals surface area (Å²) < 4.78 is 18.4. The zero-order valence-electron chi connectivity index (χ0n) is 15.1. The molecule has 0 aromatic heterocycles. The monoisotopic (exact) mass is 328 g/mol. The zero-order valence-corrected chi connectivity index (χ0v) is 15.1. The number of rotatable bonds is 7. The van der Waals surface area contributed by atoms with Gasteiger partial charge in [0.05, 0.1) is 17.7 Å². The third-order valence-electron chi connectivity index (χ3n) is 4.79. The van der Waals surface area contributed by atoms with Gasteiger partial charge < -0.3 is 24.2 Å². The summed E-state index contributed by atoms with van der Waals surface area (Å²) in [7, 11) is 1.95. The number of nitrogens with zero attached hydrogens (tertiary/aromatic N) is 2. The Labute approximate surface area is 139 Å². The van der Waals surface area contributed by atoms with Crippen LogP contribution in [0.25, 0.3) is 0 Å². The lowest BCUT2D eigenvalue weighted by Gasteiger charge is -2.41. The smallest absolute Gasteiger partial charge is 0.290 e. The lowest BCUT2D eigenvalue weighted by molar-refractivity contribution is -0.276. The first kappa shape index (κ1) is 18.5. The third kappa shape index (κ3) is 4.17. The van der Waals surface area contributed by atoms with Gasteiger partial charge in [-0.1, -0.05) is 26.7 Å². The van der Waals surface area contributed by atoms with Crippen molar-refractivity contribution in [1.82, 2.24) is 4.90 Å². The molecule has 0 aromatic rings. The molecule has 1 N–H and O–H groups in total. The van der Waals surface area contributed by atoms with Crippen LogP contribution in [0.15, 0.2) is 4.99 Å². The highest BCUT2D eigenvalue weighted by molar-refractivity contribution is 5.76. The first-order chi connectivity index (χ1) is 10.9. The van der Waals surface area contributed by atoms with Crippen molar-refractivity contribution < 1.29 is 19.3 Å². The predicted octanol–water partition coefficient (Wildman–Crippen LogP) is 2.50. The van der Waals surface area contributed by atoms with E-state index in [-0.39, 0.29) is 30.6 Å². The second kappa shape index (κ2) is 7.81. The quantitative estimate of drug-likeness (QED) is 0.778. The number of aliphatic hydroxyl groups is 1. The third-order valence-corrected chi connectivity index (χ3v) is 4.79. The minimum absolute atomic E-state index is 0.105. The second-order valence-electron chi connectivity index (χ2n) is 6.96. The zero-order chi connectivity index (χ0) is 17.0. The van der Waals surface area contributed by atoms with Gasteiger partial charge in [-0.3, -0.25) is 0 Å². The fraction of sp³-hybridized carbons (Fsp3) is 0.941. The van der Waals surface area contributed by atoms with E-state index in [1.165, 1.54) is 0 Å². The minimum atomic E-state index is -0.402. The Morgan fingerprint density at radius 2 is 2.00 bits per heavy atom. The lowest BCUT2D eigenvalue weighted by atomic mass is 9.93. The van der Waals surface area contributed by atoms with Gasteiger partial charge >= 0.3 is 0 Å². The molecule has 2 heterocycles. The molecule has 0 aromatic carbocycles. The normalized spacial score (nSPS) is 33.0. The summed E-state index contributed by atoms with van der Waals surface area (Å²) in [6, 6.07) is 0.642. The molecule has 6 heteroatoms. The highest BCUT2D eigenvalue weighted by Gasteiger charge is 2.50. The Hall–Kier alpha value is -0.850. The van der Waals surface area contributed by atoms with E-state index in [1.807, 2.05) is 11.9 Å². The van der Waals surface area contributed by atoms with Crippen LogP contribution < -0.4 is 0 Å². The molecule has 0 aliphatic carbocycles. The van der Waals surface area contributed by atoms with Crippen LogP contribution in [0, 0.1) is 0 Å². The van der Waals surface area contributed by atoms with Gasteiger partial charge in [0.25, 0.3) is 6.02 Å². The maximum atomic E-state index is 9.07. The number of fused-ring (bicyclic) bond motifs is 1. The molecule has 1 unspecified atom stereocenters. The van der Waals surface area contributed by atoms with E-state index in [0.29, 0.717) is 6.02 Å². The van der Waals surface area contributed by atoms with Crippen LogP contribution in [0.2, 0.25) is 0 Å². The molecule has 0 spiro atoms. The van der Waals surface area contributed by atoms with E-state index < -0.39 is 6.29 Å².